The third-order valence-electron chi connectivity index (χ3n) is 2.06. The van der Waals surface area contributed by atoms with Gasteiger partial charge in [-0.2, -0.15) is 0 Å². The van der Waals surface area contributed by atoms with E-state index in [0.29, 0.717) is 0 Å². The van der Waals surface area contributed by atoms with Crippen molar-refractivity contribution in [1.82, 2.24) is 10.2 Å². The Kier molecular flexibility index (Phi) is 8.10. The SMILES string of the molecule is CCCCN(CCCC)C(=S)NC. The van der Waals surface area contributed by atoms with Crippen LogP contribution in [0.1, 0.15) is 39.5 Å². The summed E-state index contributed by atoms with van der Waals surface area (Å²) in [5.41, 5.74) is 0. The first kappa shape index (κ1) is 12.7. The molecule has 0 amide bonds. The molecule has 13 heavy (non-hydrogen) atoms. The van der Waals surface area contributed by atoms with Gasteiger partial charge in [0, 0.05) is 20.1 Å². The van der Waals surface area contributed by atoms with Crippen molar-refractivity contribution >= 4 is 17.3 Å². The summed E-state index contributed by atoms with van der Waals surface area (Å²) >= 11 is 5.22. The number of hydrogen-bond acceptors (Lipinski definition) is 1. The second kappa shape index (κ2) is 8.30. The van der Waals surface area contributed by atoms with E-state index in [4.69, 9.17) is 12.2 Å². The van der Waals surface area contributed by atoms with Crippen LogP contribution in [0.25, 0.3) is 0 Å². The van der Waals surface area contributed by atoms with Gasteiger partial charge in [-0.25, -0.2) is 0 Å². The summed E-state index contributed by atoms with van der Waals surface area (Å²) in [6.07, 6.45) is 4.92. The highest BCUT2D eigenvalue weighted by Gasteiger charge is 2.05. The molecule has 2 nitrogen and oxygen atoms in total. The monoisotopic (exact) mass is 202 g/mol. The lowest BCUT2D eigenvalue weighted by molar-refractivity contribution is 0.395. The van der Waals surface area contributed by atoms with Crippen LogP contribution in [0.15, 0.2) is 0 Å². The van der Waals surface area contributed by atoms with Gasteiger partial charge in [0.2, 0.25) is 0 Å². The molecule has 0 atom stereocenters. The zero-order chi connectivity index (χ0) is 10.1. The summed E-state index contributed by atoms with van der Waals surface area (Å²) < 4.78 is 0. The normalized spacial score (nSPS) is 9.77. The molecule has 0 aliphatic rings. The van der Waals surface area contributed by atoms with Crippen LogP contribution >= 0.6 is 12.2 Å². The molecule has 0 fully saturated rings. The number of hydrogen-bond donors (Lipinski definition) is 1. The number of unbranched alkanes of at least 4 members (excludes halogenated alkanes) is 2. The summed E-state index contributed by atoms with van der Waals surface area (Å²) in [5, 5.41) is 3.93. The maximum absolute atomic E-state index is 5.22. The molecule has 0 aromatic heterocycles. The van der Waals surface area contributed by atoms with Crippen LogP contribution in [-0.4, -0.2) is 30.1 Å². The Labute approximate surface area is 87.7 Å². The molecule has 3 heteroatoms. The molecule has 0 aromatic carbocycles. The maximum atomic E-state index is 5.22. The molecule has 1 N–H and O–H groups in total. The van der Waals surface area contributed by atoms with Gasteiger partial charge < -0.3 is 10.2 Å². The van der Waals surface area contributed by atoms with E-state index in [9.17, 15) is 0 Å². The van der Waals surface area contributed by atoms with Crippen LogP contribution in [0.5, 0.6) is 0 Å². The van der Waals surface area contributed by atoms with E-state index >= 15 is 0 Å². The fourth-order valence-electron chi connectivity index (χ4n) is 1.17. The molecule has 0 spiro atoms. The summed E-state index contributed by atoms with van der Waals surface area (Å²) in [6, 6.07) is 0. The van der Waals surface area contributed by atoms with E-state index in [1.165, 1.54) is 25.7 Å². The van der Waals surface area contributed by atoms with Crippen molar-refractivity contribution in [3.05, 3.63) is 0 Å². The van der Waals surface area contributed by atoms with Crippen LogP contribution < -0.4 is 5.32 Å². The lowest BCUT2D eigenvalue weighted by Crippen LogP contribution is -2.39. The number of rotatable bonds is 6. The highest BCUT2D eigenvalue weighted by Crippen LogP contribution is 1.99. The molecule has 0 rings (SSSR count). The summed E-state index contributed by atoms with van der Waals surface area (Å²) in [7, 11) is 1.90. The van der Waals surface area contributed by atoms with Gasteiger partial charge in [-0.3, -0.25) is 0 Å². The van der Waals surface area contributed by atoms with Crippen molar-refractivity contribution < 1.29 is 0 Å². The fraction of sp³-hybridized carbons (Fsp3) is 0.900. The van der Waals surface area contributed by atoms with Crippen LogP contribution in [0.4, 0.5) is 0 Å². The van der Waals surface area contributed by atoms with Crippen LogP contribution in [0.3, 0.4) is 0 Å². The number of nitrogens with zero attached hydrogens (tertiary/aromatic N) is 1. The van der Waals surface area contributed by atoms with Crippen molar-refractivity contribution in [3.63, 3.8) is 0 Å². The fourth-order valence-corrected chi connectivity index (χ4v) is 1.35. The van der Waals surface area contributed by atoms with E-state index in [0.717, 1.165) is 18.2 Å². The van der Waals surface area contributed by atoms with E-state index in [1.807, 2.05) is 7.05 Å². The molecule has 0 unspecified atom stereocenters. The zero-order valence-corrected chi connectivity index (χ0v) is 9.91. The topological polar surface area (TPSA) is 15.3 Å². The Bertz CT molecular complexity index is 129. The van der Waals surface area contributed by atoms with Crippen molar-refractivity contribution in [3.8, 4) is 0 Å². The van der Waals surface area contributed by atoms with Crippen LogP contribution in [0.2, 0.25) is 0 Å². The lowest BCUT2D eigenvalue weighted by Gasteiger charge is -2.24. The standard InChI is InChI=1S/C10H22N2S/c1-4-6-8-12(9-7-5-2)10(13)11-3/h4-9H2,1-3H3,(H,11,13). The largest absolute Gasteiger partial charge is 0.366 e. The van der Waals surface area contributed by atoms with E-state index < -0.39 is 0 Å². The molecule has 0 radical (unpaired) electrons. The predicted molar refractivity (Wildman–Crippen MR) is 63.0 cm³/mol. The molecular weight excluding hydrogens is 180 g/mol. The number of nitrogens with one attached hydrogen (secondary N) is 1. The first-order valence-corrected chi connectivity index (χ1v) is 5.63. The minimum Gasteiger partial charge on any atom is -0.366 e. The second-order valence-electron chi connectivity index (χ2n) is 3.25. The second-order valence-corrected chi connectivity index (χ2v) is 3.64. The summed E-state index contributed by atoms with van der Waals surface area (Å²) in [4.78, 5) is 2.27. The van der Waals surface area contributed by atoms with Crippen molar-refractivity contribution in [1.29, 1.82) is 0 Å². The minimum atomic E-state index is 0.891. The lowest BCUT2D eigenvalue weighted by atomic mass is 10.3. The summed E-state index contributed by atoms with van der Waals surface area (Å²) in [6.45, 7) is 6.60. The molecule has 78 valence electrons. The molecule has 0 bridgehead atoms. The van der Waals surface area contributed by atoms with Crippen molar-refractivity contribution in [2.45, 2.75) is 39.5 Å². The Balaban J connectivity index is 3.79. The molecule has 0 aliphatic heterocycles. The van der Waals surface area contributed by atoms with Gasteiger partial charge in [0.1, 0.15) is 0 Å². The van der Waals surface area contributed by atoms with Gasteiger partial charge in [0.25, 0.3) is 0 Å². The van der Waals surface area contributed by atoms with E-state index in [-0.39, 0.29) is 0 Å². The van der Waals surface area contributed by atoms with Gasteiger partial charge in [-0.1, -0.05) is 26.7 Å². The molecule has 0 heterocycles. The average molecular weight is 202 g/mol. The Morgan fingerprint density at radius 1 is 1.15 bits per heavy atom. The zero-order valence-electron chi connectivity index (χ0n) is 9.10. The third-order valence-corrected chi connectivity index (χ3v) is 2.53. The van der Waals surface area contributed by atoms with E-state index in [2.05, 4.69) is 24.1 Å². The van der Waals surface area contributed by atoms with Gasteiger partial charge in [-0.15, -0.1) is 0 Å². The molecular formula is C10H22N2S. The first-order chi connectivity index (χ1) is 6.26. The Hall–Kier alpha value is -0.310. The van der Waals surface area contributed by atoms with Gasteiger partial charge in [0.15, 0.2) is 5.11 Å². The quantitative estimate of drug-likeness (QED) is 0.666. The van der Waals surface area contributed by atoms with Crippen LogP contribution in [-0.2, 0) is 0 Å². The van der Waals surface area contributed by atoms with Gasteiger partial charge >= 0.3 is 0 Å². The van der Waals surface area contributed by atoms with Gasteiger partial charge in [-0.05, 0) is 25.1 Å². The predicted octanol–water partition coefficient (Wildman–Crippen LogP) is 2.39. The van der Waals surface area contributed by atoms with Gasteiger partial charge in [0.05, 0.1) is 0 Å². The van der Waals surface area contributed by atoms with Crippen LogP contribution in [0, 0.1) is 0 Å². The third kappa shape index (κ3) is 5.86. The first-order valence-electron chi connectivity index (χ1n) is 5.22. The Morgan fingerprint density at radius 3 is 1.92 bits per heavy atom. The molecule has 0 aliphatic carbocycles. The highest BCUT2D eigenvalue weighted by atomic mass is 32.1. The minimum absolute atomic E-state index is 0.891. The van der Waals surface area contributed by atoms with E-state index in [1.54, 1.807) is 0 Å². The van der Waals surface area contributed by atoms with Crippen molar-refractivity contribution in [2.24, 2.45) is 0 Å². The number of thiocarbonyl (C=S) groups is 1. The maximum Gasteiger partial charge on any atom is 0.168 e. The smallest absolute Gasteiger partial charge is 0.168 e. The Morgan fingerprint density at radius 2 is 1.62 bits per heavy atom. The van der Waals surface area contributed by atoms with Crippen molar-refractivity contribution in [2.75, 3.05) is 20.1 Å². The summed E-state index contributed by atoms with van der Waals surface area (Å²) in [5.74, 6) is 0. The average Bonchev–Trinajstić information content (AvgIpc) is 2.17. The molecule has 0 saturated heterocycles. The highest BCUT2D eigenvalue weighted by molar-refractivity contribution is 7.80. The molecule has 0 aromatic rings. The molecule has 0 saturated carbocycles.